The van der Waals surface area contributed by atoms with Crippen molar-refractivity contribution in [3.05, 3.63) is 29.8 Å². The Morgan fingerprint density at radius 3 is 2.85 bits per heavy atom. The number of benzene rings is 1. The molecule has 0 spiro atoms. The number of hydrogen-bond acceptors (Lipinski definition) is 3. The number of hydrogen-bond donors (Lipinski definition) is 1. The molecule has 0 bridgehead atoms. The molecule has 2 rings (SSSR count). The molecule has 1 amide bonds. The minimum Gasteiger partial charge on any atom is -0.496 e. The molecule has 1 aliphatic heterocycles. The van der Waals surface area contributed by atoms with Crippen LogP contribution in [0.25, 0.3) is 0 Å². The molecule has 0 aromatic heterocycles. The summed E-state index contributed by atoms with van der Waals surface area (Å²) in [6.07, 6.45) is 2.18. The maximum atomic E-state index is 12.2. The lowest BCUT2D eigenvalue weighted by Gasteiger charge is -2.21. The molecule has 5 heteroatoms. The summed E-state index contributed by atoms with van der Waals surface area (Å²) in [5, 5.41) is 9.09. The van der Waals surface area contributed by atoms with Gasteiger partial charge in [0.05, 0.1) is 7.11 Å². The number of para-hydroxylation sites is 1. The van der Waals surface area contributed by atoms with Crippen LogP contribution in [0, 0.1) is 0 Å². The Labute approximate surface area is 118 Å². The van der Waals surface area contributed by atoms with Gasteiger partial charge < -0.3 is 14.7 Å². The van der Waals surface area contributed by atoms with Crippen LogP contribution in [0.2, 0.25) is 0 Å². The summed E-state index contributed by atoms with van der Waals surface area (Å²) >= 11 is 0. The van der Waals surface area contributed by atoms with Crippen LogP contribution in [-0.4, -0.2) is 41.6 Å². The fraction of sp³-hybridized carbons (Fsp3) is 0.467. The average Bonchev–Trinajstić information content (AvgIpc) is 2.94. The van der Waals surface area contributed by atoms with Gasteiger partial charge in [0.15, 0.2) is 0 Å². The van der Waals surface area contributed by atoms with Gasteiger partial charge in [0.1, 0.15) is 11.8 Å². The van der Waals surface area contributed by atoms with Gasteiger partial charge in [-0.15, -0.1) is 0 Å². The summed E-state index contributed by atoms with van der Waals surface area (Å²) in [4.78, 5) is 24.7. The molecular weight excluding hydrogens is 258 g/mol. The third-order valence-electron chi connectivity index (χ3n) is 3.66. The van der Waals surface area contributed by atoms with Gasteiger partial charge in [-0.25, -0.2) is 4.79 Å². The quantitative estimate of drug-likeness (QED) is 0.889. The topological polar surface area (TPSA) is 66.8 Å². The van der Waals surface area contributed by atoms with Crippen LogP contribution < -0.4 is 4.74 Å². The fourth-order valence-corrected chi connectivity index (χ4v) is 2.62. The summed E-state index contributed by atoms with van der Waals surface area (Å²) in [6.45, 7) is 0.543. The first-order chi connectivity index (χ1) is 9.63. The van der Waals surface area contributed by atoms with Gasteiger partial charge in [0.25, 0.3) is 0 Å². The van der Waals surface area contributed by atoms with E-state index < -0.39 is 12.0 Å². The lowest BCUT2D eigenvalue weighted by atomic mass is 10.1. The van der Waals surface area contributed by atoms with Crippen molar-refractivity contribution in [3.8, 4) is 5.75 Å². The van der Waals surface area contributed by atoms with Gasteiger partial charge in [0.2, 0.25) is 5.91 Å². The van der Waals surface area contributed by atoms with Crippen LogP contribution in [-0.2, 0) is 16.0 Å². The number of amides is 1. The zero-order chi connectivity index (χ0) is 14.5. The molecule has 1 fully saturated rings. The third-order valence-corrected chi connectivity index (χ3v) is 3.66. The molecule has 108 valence electrons. The molecule has 1 N–H and O–H groups in total. The Kier molecular flexibility index (Phi) is 4.61. The molecule has 1 heterocycles. The van der Waals surface area contributed by atoms with E-state index in [4.69, 9.17) is 9.84 Å². The monoisotopic (exact) mass is 277 g/mol. The fourth-order valence-electron chi connectivity index (χ4n) is 2.62. The number of aryl methyl sites for hydroxylation is 1. The van der Waals surface area contributed by atoms with Gasteiger partial charge in [-0.1, -0.05) is 18.2 Å². The number of ether oxygens (including phenoxy) is 1. The second-order valence-corrected chi connectivity index (χ2v) is 4.90. The molecular formula is C15H19NO4. The van der Waals surface area contributed by atoms with Crippen molar-refractivity contribution in [1.29, 1.82) is 0 Å². The number of carboxylic acid groups (broad SMARTS) is 1. The first kappa shape index (κ1) is 14.4. The number of carboxylic acids is 1. The predicted molar refractivity (Wildman–Crippen MR) is 73.7 cm³/mol. The molecule has 1 aliphatic rings. The molecule has 0 saturated carbocycles. The van der Waals surface area contributed by atoms with Crippen molar-refractivity contribution in [1.82, 2.24) is 4.90 Å². The minimum absolute atomic E-state index is 0.0965. The molecule has 0 aliphatic carbocycles. The maximum absolute atomic E-state index is 12.2. The van der Waals surface area contributed by atoms with Gasteiger partial charge in [0, 0.05) is 13.0 Å². The van der Waals surface area contributed by atoms with E-state index in [0.29, 0.717) is 25.8 Å². The second-order valence-electron chi connectivity index (χ2n) is 4.90. The summed E-state index contributed by atoms with van der Waals surface area (Å²) in [7, 11) is 1.60. The summed E-state index contributed by atoms with van der Waals surface area (Å²) in [6, 6.07) is 6.91. The van der Waals surface area contributed by atoms with Gasteiger partial charge in [-0.2, -0.15) is 0 Å². The van der Waals surface area contributed by atoms with E-state index in [-0.39, 0.29) is 5.91 Å². The van der Waals surface area contributed by atoms with Crippen LogP contribution in [0.5, 0.6) is 5.75 Å². The van der Waals surface area contributed by atoms with Crippen molar-refractivity contribution in [2.75, 3.05) is 13.7 Å². The number of likely N-dealkylation sites (tertiary alicyclic amines) is 1. The number of methoxy groups -OCH3 is 1. The van der Waals surface area contributed by atoms with Crippen LogP contribution >= 0.6 is 0 Å². The Hall–Kier alpha value is -2.04. The zero-order valence-electron chi connectivity index (χ0n) is 11.5. The standard InChI is InChI=1S/C15H19NO4/c1-20-13-7-3-2-5-11(13)8-9-14(17)16-10-4-6-12(16)15(18)19/h2-3,5,7,12H,4,6,8-10H2,1H3,(H,18,19)/t12-/m1/s1. The molecule has 0 radical (unpaired) electrons. The molecule has 5 nitrogen and oxygen atoms in total. The Bertz CT molecular complexity index is 500. The molecule has 20 heavy (non-hydrogen) atoms. The van der Waals surface area contributed by atoms with Gasteiger partial charge in [-0.3, -0.25) is 4.79 Å². The highest BCUT2D eigenvalue weighted by Gasteiger charge is 2.33. The SMILES string of the molecule is COc1ccccc1CCC(=O)N1CCC[C@@H]1C(=O)O. The van der Waals surface area contributed by atoms with Crippen LogP contribution in [0.15, 0.2) is 24.3 Å². The van der Waals surface area contributed by atoms with E-state index in [2.05, 4.69) is 0 Å². The van der Waals surface area contributed by atoms with Crippen molar-refractivity contribution >= 4 is 11.9 Å². The molecule has 1 atom stereocenters. The van der Waals surface area contributed by atoms with E-state index in [9.17, 15) is 9.59 Å². The lowest BCUT2D eigenvalue weighted by Crippen LogP contribution is -2.40. The number of rotatable bonds is 5. The van der Waals surface area contributed by atoms with E-state index in [1.807, 2.05) is 24.3 Å². The molecule has 1 aromatic rings. The summed E-state index contributed by atoms with van der Waals surface area (Å²) in [5.74, 6) is -0.245. The number of aliphatic carboxylic acids is 1. The van der Waals surface area contributed by atoms with Crippen LogP contribution in [0.4, 0.5) is 0 Å². The van der Waals surface area contributed by atoms with Crippen molar-refractivity contribution in [3.63, 3.8) is 0 Å². The first-order valence-corrected chi connectivity index (χ1v) is 6.77. The summed E-state index contributed by atoms with van der Waals surface area (Å²) in [5.41, 5.74) is 0.967. The van der Waals surface area contributed by atoms with Crippen molar-refractivity contribution < 1.29 is 19.4 Å². The highest BCUT2D eigenvalue weighted by atomic mass is 16.5. The smallest absolute Gasteiger partial charge is 0.326 e. The average molecular weight is 277 g/mol. The Morgan fingerprint density at radius 1 is 1.40 bits per heavy atom. The van der Waals surface area contributed by atoms with Gasteiger partial charge in [-0.05, 0) is 30.9 Å². The normalized spacial score (nSPS) is 18.1. The van der Waals surface area contributed by atoms with Crippen molar-refractivity contribution in [2.24, 2.45) is 0 Å². The van der Waals surface area contributed by atoms with E-state index >= 15 is 0 Å². The van der Waals surface area contributed by atoms with E-state index in [1.165, 1.54) is 4.90 Å². The van der Waals surface area contributed by atoms with Gasteiger partial charge >= 0.3 is 5.97 Å². The molecule has 1 saturated heterocycles. The second kappa shape index (κ2) is 6.41. The number of nitrogens with zero attached hydrogens (tertiary/aromatic N) is 1. The van der Waals surface area contributed by atoms with Crippen LogP contribution in [0.3, 0.4) is 0 Å². The number of carbonyl (C=O) groups excluding carboxylic acids is 1. The highest BCUT2D eigenvalue weighted by molar-refractivity contribution is 5.84. The third kappa shape index (κ3) is 3.10. The maximum Gasteiger partial charge on any atom is 0.326 e. The minimum atomic E-state index is -0.909. The Morgan fingerprint density at radius 2 is 2.15 bits per heavy atom. The Balaban J connectivity index is 1.97. The summed E-state index contributed by atoms with van der Waals surface area (Å²) < 4.78 is 5.24. The predicted octanol–water partition coefficient (Wildman–Crippen LogP) is 1.70. The van der Waals surface area contributed by atoms with Crippen molar-refractivity contribution in [2.45, 2.75) is 31.7 Å². The molecule has 1 aromatic carbocycles. The van der Waals surface area contributed by atoms with E-state index in [1.54, 1.807) is 7.11 Å². The van der Waals surface area contributed by atoms with Crippen LogP contribution in [0.1, 0.15) is 24.8 Å². The zero-order valence-corrected chi connectivity index (χ0v) is 11.5. The largest absolute Gasteiger partial charge is 0.496 e. The lowest BCUT2D eigenvalue weighted by molar-refractivity contribution is -0.148. The highest BCUT2D eigenvalue weighted by Crippen LogP contribution is 2.22. The van der Waals surface area contributed by atoms with E-state index in [0.717, 1.165) is 17.7 Å². The number of carbonyl (C=O) groups is 2. The first-order valence-electron chi connectivity index (χ1n) is 6.77. The molecule has 0 unspecified atom stereocenters.